The van der Waals surface area contributed by atoms with Gasteiger partial charge >= 0.3 is 0 Å². The van der Waals surface area contributed by atoms with E-state index in [9.17, 15) is 0 Å². The van der Waals surface area contributed by atoms with Gasteiger partial charge in [0, 0.05) is 25.4 Å². The molecule has 6 heteroatoms. The molecule has 0 unspecified atom stereocenters. The average molecular weight is 276 g/mol. The van der Waals surface area contributed by atoms with Gasteiger partial charge < -0.3 is 15.5 Å². The fourth-order valence-corrected chi connectivity index (χ4v) is 3.15. The van der Waals surface area contributed by atoms with Gasteiger partial charge in [0.05, 0.1) is 4.88 Å². The quantitative estimate of drug-likeness (QED) is 0.381. The third-order valence-electron chi connectivity index (χ3n) is 3.60. The van der Waals surface area contributed by atoms with E-state index in [1.807, 2.05) is 18.5 Å². The minimum absolute atomic E-state index is 0.142. The Balaban J connectivity index is 1.80. The number of thiophene rings is 1. The van der Waals surface area contributed by atoms with E-state index in [2.05, 4.69) is 26.2 Å². The highest BCUT2D eigenvalue weighted by molar-refractivity contribution is 7.13. The van der Waals surface area contributed by atoms with Gasteiger partial charge in [0.15, 0.2) is 0 Å². The molecule has 0 amide bonds. The highest BCUT2D eigenvalue weighted by Crippen LogP contribution is 2.50. The van der Waals surface area contributed by atoms with Crippen LogP contribution < -0.4 is 5.73 Å². The van der Waals surface area contributed by atoms with Gasteiger partial charge in [-0.3, -0.25) is 0 Å². The van der Waals surface area contributed by atoms with Crippen LogP contribution in [0.3, 0.4) is 0 Å². The van der Waals surface area contributed by atoms with E-state index in [1.54, 1.807) is 11.3 Å². The zero-order chi connectivity index (χ0) is 13.3. The van der Waals surface area contributed by atoms with Crippen LogP contribution in [-0.2, 0) is 6.54 Å². The standard InChI is InChI=1S/C13H16N4OS/c14-11(16-18)8-13(3-4-13)9-17-6-5-15-12(17)10-2-1-7-19-10/h1-2,5-7,18H,3-4,8-9H2,(H2,14,16). The van der Waals surface area contributed by atoms with Gasteiger partial charge in [-0.25, -0.2) is 4.98 Å². The molecule has 100 valence electrons. The highest BCUT2D eigenvalue weighted by Gasteiger charge is 2.44. The number of rotatable bonds is 5. The summed E-state index contributed by atoms with van der Waals surface area (Å²) in [7, 11) is 0. The lowest BCUT2D eigenvalue weighted by atomic mass is 10.0. The van der Waals surface area contributed by atoms with Crippen molar-refractivity contribution in [2.45, 2.75) is 25.8 Å². The lowest BCUT2D eigenvalue weighted by Crippen LogP contribution is -2.21. The van der Waals surface area contributed by atoms with Crippen molar-refractivity contribution >= 4 is 17.2 Å². The maximum Gasteiger partial charge on any atom is 0.150 e. The van der Waals surface area contributed by atoms with E-state index >= 15 is 0 Å². The van der Waals surface area contributed by atoms with E-state index in [0.717, 1.165) is 25.2 Å². The normalized spacial score (nSPS) is 17.6. The van der Waals surface area contributed by atoms with Crippen LogP contribution in [-0.4, -0.2) is 20.6 Å². The Hall–Kier alpha value is -1.82. The number of hydrogen-bond acceptors (Lipinski definition) is 4. The first-order chi connectivity index (χ1) is 9.22. The second-order valence-electron chi connectivity index (χ2n) is 5.12. The molecule has 2 aromatic heterocycles. The first-order valence-electron chi connectivity index (χ1n) is 6.24. The average Bonchev–Trinajstić information content (AvgIpc) is 2.86. The first kappa shape index (κ1) is 12.2. The molecule has 19 heavy (non-hydrogen) atoms. The molecule has 1 aliphatic rings. The van der Waals surface area contributed by atoms with Crippen LogP contribution in [0.4, 0.5) is 0 Å². The molecule has 1 fully saturated rings. The van der Waals surface area contributed by atoms with E-state index in [1.165, 1.54) is 4.88 Å². The maximum atomic E-state index is 8.70. The zero-order valence-corrected chi connectivity index (χ0v) is 11.3. The third-order valence-corrected chi connectivity index (χ3v) is 4.47. The monoisotopic (exact) mass is 276 g/mol. The lowest BCUT2D eigenvalue weighted by molar-refractivity contribution is 0.313. The molecule has 2 aromatic rings. The molecular weight excluding hydrogens is 260 g/mol. The Bertz CT molecular complexity index is 584. The van der Waals surface area contributed by atoms with Crippen LogP contribution in [0.15, 0.2) is 35.1 Å². The lowest BCUT2D eigenvalue weighted by Gasteiger charge is -2.16. The summed E-state index contributed by atoms with van der Waals surface area (Å²) >= 11 is 1.69. The molecule has 0 saturated heterocycles. The van der Waals surface area contributed by atoms with Crippen molar-refractivity contribution < 1.29 is 5.21 Å². The molecule has 1 saturated carbocycles. The van der Waals surface area contributed by atoms with E-state index < -0.39 is 0 Å². The van der Waals surface area contributed by atoms with Crippen LogP contribution in [0, 0.1) is 5.41 Å². The largest absolute Gasteiger partial charge is 0.409 e. The molecule has 3 rings (SSSR count). The SMILES string of the molecule is NC(CC1(Cn2ccnc2-c2cccs2)CC1)=NO. The van der Waals surface area contributed by atoms with Crippen molar-refractivity contribution in [2.24, 2.45) is 16.3 Å². The molecule has 0 atom stereocenters. The summed E-state index contributed by atoms with van der Waals surface area (Å²) in [4.78, 5) is 5.60. The van der Waals surface area contributed by atoms with Crippen LogP contribution >= 0.6 is 11.3 Å². The van der Waals surface area contributed by atoms with Crippen molar-refractivity contribution in [1.82, 2.24) is 9.55 Å². The minimum atomic E-state index is 0.142. The van der Waals surface area contributed by atoms with Crippen molar-refractivity contribution in [3.05, 3.63) is 29.9 Å². The third kappa shape index (κ3) is 2.49. The van der Waals surface area contributed by atoms with E-state index in [0.29, 0.717) is 12.3 Å². The molecule has 0 aliphatic heterocycles. The molecule has 0 aromatic carbocycles. The number of nitrogens with two attached hydrogens (primary N) is 1. The topological polar surface area (TPSA) is 76.4 Å². The summed E-state index contributed by atoms with van der Waals surface area (Å²) in [5.41, 5.74) is 5.78. The van der Waals surface area contributed by atoms with Gasteiger partial charge in [0.1, 0.15) is 11.7 Å². The summed E-state index contributed by atoms with van der Waals surface area (Å²) in [6.07, 6.45) is 6.71. The molecule has 5 nitrogen and oxygen atoms in total. The fraction of sp³-hybridized carbons (Fsp3) is 0.385. The van der Waals surface area contributed by atoms with Gasteiger partial charge in [0.2, 0.25) is 0 Å². The molecule has 3 N–H and O–H groups in total. The molecule has 2 heterocycles. The Labute approximate surface area is 115 Å². The zero-order valence-electron chi connectivity index (χ0n) is 10.5. The second-order valence-corrected chi connectivity index (χ2v) is 6.07. The molecule has 0 spiro atoms. The highest BCUT2D eigenvalue weighted by atomic mass is 32.1. The van der Waals surface area contributed by atoms with Crippen LogP contribution in [0.2, 0.25) is 0 Å². The van der Waals surface area contributed by atoms with Gasteiger partial charge in [-0.2, -0.15) is 0 Å². The molecule has 0 bridgehead atoms. The summed E-state index contributed by atoms with van der Waals surface area (Å²) in [5.74, 6) is 1.32. The fourth-order valence-electron chi connectivity index (χ4n) is 2.42. The molecule has 1 aliphatic carbocycles. The summed E-state index contributed by atoms with van der Waals surface area (Å²) in [5, 5.41) is 13.8. The number of oxime groups is 1. The van der Waals surface area contributed by atoms with E-state index in [4.69, 9.17) is 10.9 Å². The predicted octanol–water partition coefficient (Wildman–Crippen LogP) is 2.53. The van der Waals surface area contributed by atoms with Gasteiger partial charge in [-0.1, -0.05) is 11.2 Å². The number of nitrogens with zero attached hydrogens (tertiary/aromatic N) is 3. The second kappa shape index (κ2) is 4.70. The van der Waals surface area contributed by atoms with Crippen molar-refractivity contribution in [1.29, 1.82) is 0 Å². The summed E-state index contributed by atoms with van der Waals surface area (Å²) in [6, 6.07) is 4.11. The van der Waals surface area contributed by atoms with Gasteiger partial charge in [0.25, 0.3) is 0 Å². The van der Waals surface area contributed by atoms with Crippen LogP contribution in [0.25, 0.3) is 10.7 Å². The van der Waals surface area contributed by atoms with E-state index in [-0.39, 0.29) is 5.41 Å². The Morgan fingerprint density at radius 2 is 2.42 bits per heavy atom. The van der Waals surface area contributed by atoms with Crippen LogP contribution in [0.1, 0.15) is 19.3 Å². The Kier molecular flexibility index (Phi) is 3.02. The molecule has 0 radical (unpaired) electrons. The minimum Gasteiger partial charge on any atom is -0.409 e. The van der Waals surface area contributed by atoms with Crippen LogP contribution in [0.5, 0.6) is 0 Å². The summed E-state index contributed by atoms with van der Waals surface area (Å²) in [6.45, 7) is 0.871. The van der Waals surface area contributed by atoms with Gasteiger partial charge in [-0.15, -0.1) is 11.3 Å². The number of amidine groups is 1. The Morgan fingerprint density at radius 1 is 1.58 bits per heavy atom. The summed E-state index contributed by atoms with van der Waals surface area (Å²) < 4.78 is 2.17. The van der Waals surface area contributed by atoms with Crippen molar-refractivity contribution in [2.75, 3.05) is 0 Å². The van der Waals surface area contributed by atoms with Crippen molar-refractivity contribution in [3.8, 4) is 10.7 Å². The smallest absolute Gasteiger partial charge is 0.150 e. The first-order valence-corrected chi connectivity index (χ1v) is 7.12. The number of hydrogen-bond donors (Lipinski definition) is 2. The van der Waals surface area contributed by atoms with Crippen molar-refractivity contribution in [3.63, 3.8) is 0 Å². The Morgan fingerprint density at radius 3 is 3.05 bits per heavy atom. The maximum absolute atomic E-state index is 8.70. The molecular formula is C13H16N4OS. The number of aromatic nitrogens is 2. The van der Waals surface area contributed by atoms with Gasteiger partial charge in [-0.05, 0) is 29.7 Å². The number of imidazole rings is 1. The predicted molar refractivity (Wildman–Crippen MR) is 75.2 cm³/mol.